The molecule has 3 aromatic heterocycles. The summed E-state index contributed by atoms with van der Waals surface area (Å²) in [6, 6.07) is 118. The number of benzene rings is 13. The van der Waals surface area contributed by atoms with E-state index in [0.29, 0.717) is 5.82 Å². The zero-order valence-electron chi connectivity index (χ0n) is 47.3. The highest BCUT2D eigenvalue weighted by atomic mass is 32.1. The Hall–Kier alpha value is -11.0. The SMILES string of the molecule is c1ccc(-c2cc(-c3ccccc3)cc(-c3cccc(-c4nc(-c5cccc(-c6cccc7c6c6cc(-c8ccccc8)ccc6n7-c6ccc7c(c6)C(c6ccccc6)(c6ccccc6)c6ccccc6-7)c5)nc5c4sc4ccccc45)c3)c2)cc1. The standard InChI is InChI=1S/C83H53N3S/c1-6-23-54(24-7-1)58-43-46-75-72(52-58)78-68(39-22-41-76(78)86(75)67-44-45-70-69-37-16-18-40-73(69)83(74(70)53-67,65-33-12-4-13-34-65)66-35-14-5-15-36-66)59-30-21-32-61(48-59)82-84-79(81-80(85-82)71-38-17-19-42-77(71)87-81)60-31-20-29-57(47-60)64-50-62(55-25-8-2-9-26-55)49-63(51-64)56-27-10-3-11-28-56/h1-53H. The van der Waals surface area contributed by atoms with E-state index in [1.54, 1.807) is 11.3 Å². The summed E-state index contributed by atoms with van der Waals surface area (Å²) in [6.45, 7) is 0. The molecule has 406 valence electrons. The largest absolute Gasteiger partial charge is 0.309 e. The van der Waals surface area contributed by atoms with Gasteiger partial charge in [-0.25, -0.2) is 9.97 Å². The maximum absolute atomic E-state index is 5.63. The van der Waals surface area contributed by atoms with E-state index in [0.717, 1.165) is 71.4 Å². The summed E-state index contributed by atoms with van der Waals surface area (Å²) < 4.78 is 4.75. The quantitative estimate of drug-likeness (QED) is 0.137. The molecule has 13 aromatic carbocycles. The van der Waals surface area contributed by atoms with Crippen LogP contribution in [0.4, 0.5) is 0 Å². The number of hydrogen-bond donors (Lipinski definition) is 0. The molecule has 3 heterocycles. The van der Waals surface area contributed by atoms with Crippen molar-refractivity contribution in [3.8, 4) is 95.1 Å². The minimum Gasteiger partial charge on any atom is -0.309 e. The van der Waals surface area contributed by atoms with Gasteiger partial charge in [0.05, 0.1) is 32.4 Å². The van der Waals surface area contributed by atoms with Gasteiger partial charge in [-0.3, -0.25) is 0 Å². The normalized spacial score (nSPS) is 12.5. The van der Waals surface area contributed by atoms with Gasteiger partial charge in [-0.15, -0.1) is 11.3 Å². The highest BCUT2D eigenvalue weighted by molar-refractivity contribution is 7.26. The predicted molar refractivity (Wildman–Crippen MR) is 365 cm³/mol. The molecule has 1 aliphatic rings. The molecule has 0 radical (unpaired) electrons. The van der Waals surface area contributed by atoms with Gasteiger partial charge in [0.2, 0.25) is 0 Å². The first-order chi connectivity index (χ1) is 43.1. The lowest BCUT2D eigenvalue weighted by molar-refractivity contribution is 0.767. The summed E-state index contributed by atoms with van der Waals surface area (Å²) in [4.78, 5) is 11.2. The smallest absolute Gasteiger partial charge is 0.160 e. The Bertz CT molecular complexity index is 5220. The van der Waals surface area contributed by atoms with Gasteiger partial charge in [0, 0.05) is 37.7 Å². The molecule has 0 aliphatic heterocycles. The van der Waals surface area contributed by atoms with Gasteiger partial charge in [-0.2, -0.15) is 0 Å². The monoisotopic (exact) mass is 1120 g/mol. The molecule has 0 bridgehead atoms. The van der Waals surface area contributed by atoms with Crippen LogP contribution in [0.3, 0.4) is 0 Å². The summed E-state index contributed by atoms with van der Waals surface area (Å²) >= 11 is 1.76. The highest BCUT2D eigenvalue weighted by Crippen LogP contribution is 2.57. The van der Waals surface area contributed by atoms with Crippen molar-refractivity contribution in [3.05, 3.63) is 344 Å². The average molecular weight is 1120 g/mol. The third-order valence-corrected chi connectivity index (χ3v) is 19.0. The summed E-state index contributed by atoms with van der Waals surface area (Å²) in [7, 11) is 0. The minimum absolute atomic E-state index is 0.542. The van der Waals surface area contributed by atoms with E-state index in [4.69, 9.17) is 9.97 Å². The second kappa shape index (κ2) is 20.6. The molecule has 1 aliphatic carbocycles. The van der Waals surface area contributed by atoms with Crippen molar-refractivity contribution < 1.29 is 0 Å². The van der Waals surface area contributed by atoms with Crippen LogP contribution >= 0.6 is 11.3 Å². The Morgan fingerprint density at radius 3 is 1.51 bits per heavy atom. The van der Waals surface area contributed by atoms with E-state index in [9.17, 15) is 0 Å². The molecule has 0 amide bonds. The Kier molecular flexibility index (Phi) is 12.0. The molecular weight excluding hydrogens is 1070 g/mol. The lowest BCUT2D eigenvalue weighted by atomic mass is 9.67. The summed E-state index contributed by atoms with van der Waals surface area (Å²) in [5, 5.41) is 3.50. The summed E-state index contributed by atoms with van der Waals surface area (Å²) in [5.41, 5.74) is 25.9. The third-order valence-electron chi connectivity index (χ3n) is 17.9. The van der Waals surface area contributed by atoms with Crippen LogP contribution in [0.25, 0.3) is 137 Å². The van der Waals surface area contributed by atoms with Crippen LogP contribution < -0.4 is 0 Å². The Labute approximate surface area is 509 Å². The van der Waals surface area contributed by atoms with E-state index in [1.807, 2.05) is 0 Å². The van der Waals surface area contributed by atoms with E-state index in [1.165, 1.54) is 82.2 Å². The molecule has 16 aromatic rings. The number of rotatable bonds is 10. The van der Waals surface area contributed by atoms with Crippen LogP contribution in [-0.4, -0.2) is 14.5 Å². The van der Waals surface area contributed by atoms with Crippen LogP contribution in [0.5, 0.6) is 0 Å². The highest BCUT2D eigenvalue weighted by Gasteiger charge is 2.46. The van der Waals surface area contributed by atoms with Gasteiger partial charge >= 0.3 is 0 Å². The molecule has 0 spiro atoms. The maximum Gasteiger partial charge on any atom is 0.160 e. The average Bonchev–Trinajstić information content (AvgIpc) is 1.61. The fourth-order valence-corrected chi connectivity index (χ4v) is 15.1. The zero-order chi connectivity index (χ0) is 57.4. The van der Waals surface area contributed by atoms with E-state index in [-0.39, 0.29) is 0 Å². The second-order valence-corrected chi connectivity index (χ2v) is 23.8. The van der Waals surface area contributed by atoms with E-state index < -0.39 is 5.41 Å². The van der Waals surface area contributed by atoms with Crippen LogP contribution in [0.1, 0.15) is 22.3 Å². The van der Waals surface area contributed by atoms with Crippen molar-refractivity contribution in [2.75, 3.05) is 0 Å². The fourth-order valence-electron chi connectivity index (χ4n) is 13.9. The maximum atomic E-state index is 5.63. The van der Waals surface area contributed by atoms with E-state index >= 15 is 0 Å². The Morgan fingerprint density at radius 2 is 0.805 bits per heavy atom. The molecule has 0 N–H and O–H groups in total. The number of hydrogen-bond acceptors (Lipinski definition) is 3. The Morgan fingerprint density at radius 1 is 0.299 bits per heavy atom. The van der Waals surface area contributed by atoms with Gasteiger partial charge in [-0.05, 0) is 156 Å². The topological polar surface area (TPSA) is 30.7 Å². The van der Waals surface area contributed by atoms with Gasteiger partial charge in [0.15, 0.2) is 5.82 Å². The predicted octanol–water partition coefficient (Wildman–Crippen LogP) is 22.0. The summed E-state index contributed by atoms with van der Waals surface area (Å²) in [5.74, 6) is 0.686. The lowest BCUT2D eigenvalue weighted by Gasteiger charge is -2.34. The number of nitrogens with zero attached hydrogens (tertiary/aromatic N) is 3. The van der Waals surface area contributed by atoms with Crippen LogP contribution in [0.2, 0.25) is 0 Å². The van der Waals surface area contributed by atoms with Crippen LogP contribution in [0, 0.1) is 0 Å². The minimum atomic E-state index is -0.542. The molecule has 0 unspecified atom stereocenters. The van der Waals surface area contributed by atoms with Crippen LogP contribution in [0.15, 0.2) is 322 Å². The van der Waals surface area contributed by atoms with Crippen LogP contribution in [-0.2, 0) is 5.41 Å². The molecule has 17 rings (SSSR count). The second-order valence-electron chi connectivity index (χ2n) is 22.8. The molecular formula is C83H53N3S. The first kappa shape index (κ1) is 50.5. The number of thiophene rings is 1. The molecule has 0 saturated carbocycles. The molecule has 3 nitrogen and oxygen atoms in total. The van der Waals surface area contributed by atoms with Crippen molar-refractivity contribution in [2.45, 2.75) is 5.41 Å². The number of fused-ring (bicyclic) bond motifs is 9. The van der Waals surface area contributed by atoms with Gasteiger partial charge in [0.25, 0.3) is 0 Å². The third kappa shape index (κ3) is 8.32. The lowest BCUT2D eigenvalue weighted by Crippen LogP contribution is -2.28. The van der Waals surface area contributed by atoms with Crippen molar-refractivity contribution >= 4 is 53.4 Å². The van der Waals surface area contributed by atoms with Crippen molar-refractivity contribution in [3.63, 3.8) is 0 Å². The zero-order valence-corrected chi connectivity index (χ0v) is 48.2. The van der Waals surface area contributed by atoms with Gasteiger partial charge in [-0.1, -0.05) is 255 Å². The van der Waals surface area contributed by atoms with Gasteiger partial charge < -0.3 is 4.57 Å². The molecule has 0 saturated heterocycles. The fraction of sp³-hybridized carbons (Fsp3) is 0.0120. The van der Waals surface area contributed by atoms with E-state index in [2.05, 4.69) is 326 Å². The summed E-state index contributed by atoms with van der Waals surface area (Å²) in [6.07, 6.45) is 0. The Balaban J connectivity index is 0.842. The number of aromatic nitrogens is 3. The first-order valence-electron chi connectivity index (χ1n) is 29.8. The molecule has 0 fully saturated rings. The molecule has 0 atom stereocenters. The van der Waals surface area contributed by atoms with Crippen molar-refractivity contribution in [2.24, 2.45) is 0 Å². The van der Waals surface area contributed by atoms with Crippen molar-refractivity contribution in [1.29, 1.82) is 0 Å². The van der Waals surface area contributed by atoms with Gasteiger partial charge in [0.1, 0.15) is 0 Å². The first-order valence-corrected chi connectivity index (χ1v) is 30.6. The van der Waals surface area contributed by atoms with Crippen molar-refractivity contribution in [1.82, 2.24) is 14.5 Å². The molecule has 4 heteroatoms. The molecule has 87 heavy (non-hydrogen) atoms.